The Kier molecular flexibility index (Phi) is 3.77. The van der Waals surface area contributed by atoms with E-state index in [0.29, 0.717) is 16.7 Å². The second-order valence-electron chi connectivity index (χ2n) is 4.39. The Labute approximate surface area is 120 Å². The maximum absolute atomic E-state index is 12.3. The SMILES string of the molecule is Cc1cc(C(=O)c2ccc(C(N)=O)c(Cl)c2)ccc1O. The Hall–Kier alpha value is -2.33. The predicted octanol–water partition coefficient (Wildman–Crippen LogP) is 2.68. The minimum atomic E-state index is -0.644. The highest BCUT2D eigenvalue weighted by atomic mass is 35.5. The smallest absolute Gasteiger partial charge is 0.250 e. The number of hydrogen-bond acceptors (Lipinski definition) is 3. The van der Waals surface area contributed by atoms with Crippen molar-refractivity contribution in [3.63, 3.8) is 0 Å². The number of amides is 1. The first kappa shape index (κ1) is 14.1. The van der Waals surface area contributed by atoms with Crippen LogP contribution in [0.3, 0.4) is 0 Å². The first-order valence-electron chi connectivity index (χ1n) is 5.84. The Morgan fingerprint density at radius 2 is 1.70 bits per heavy atom. The number of phenols is 1. The number of halogens is 1. The fraction of sp³-hybridized carbons (Fsp3) is 0.0667. The van der Waals surface area contributed by atoms with Gasteiger partial charge in [0, 0.05) is 11.1 Å². The summed E-state index contributed by atoms with van der Waals surface area (Å²) in [6.45, 7) is 1.70. The molecule has 102 valence electrons. The molecule has 4 nitrogen and oxygen atoms in total. The summed E-state index contributed by atoms with van der Waals surface area (Å²) >= 11 is 5.92. The van der Waals surface area contributed by atoms with E-state index in [4.69, 9.17) is 17.3 Å². The van der Waals surface area contributed by atoms with Gasteiger partial charge in [0.2, 0.25) is 5.91 Å². The number of nitrogens with two attached hydrogens (primary N) is 1. The van der Waals surface area contributed by atoms with Crippen LogP contribution >= 0.6 is 11.6 Å². The van der Waals surface area contributed by atoms with Crippen molar-refractivity contribution in [2.75, 3.05) is 0 Å². The summed E-state index contributed by atoms with van der Waals surface area (Å²) in [5.41, 5.74) is 6.72. The second-order valence-corrected chi connectivity index (χ2v) is 4.80. The van der Waals surface area contributed by atoms with Crippen molar-refractivity contribution in [2.45, 2.75) is 6.92 Å². The summed E-state index contributed by atoms with van der Waals surface area (Å²) in [7, 11) is 0. The van der Waals surface area contributed by atoms with E-state index >= 15 is 0 Å². The molecule has 1 amide bonds. The third kappa shape index (κ3) is 2.65. The van der Waals surface area contributed by atoms with Gasteiger partial charge in [-0.1, -0.05) is 17.7 Å². The van der Waals surface area contributed by atoms with Gasteiger partial charge in [0.05, 0.1) is 10.6 Å². The van der Waals surface area contributed by atoms with E-state index in [0.717, 1.165) is 0 Å². The minimum Gasteiger partial charge on any atom is -0.508 e. The molecule has 0 saturated carbocycles. The zero-order valence-corrected chi connectivity index (χ0v) is 11.4. The fourth-order valence-corrected chi connectivity index (χ4v) is 2.09. The van der Waals surface area contributed by atoms with Crippen molar-refractivity contribution >= 4 is 23.3 Å². The van der Waals surface area contributed by atoms with E-state index in [1.54, 1.807) is 13.0 Å². The van der Waals surface area contributed by atoms with Crippen LogP contribution in [0.15, 0.2) is 36.4 Å². The Morgan fingerprint density at radius 3 is 2.25 bits per heavy atom. The molecule has 0 fully saturated rings. The Bertz CT molecular complexity index is 710. The molecule has 0 bridgehead atoms. The highest BCUT2D eigenvalue weighted by Gasteiger charge is 2.14. The van der Waals surface area contributed by atoms with Crippen molar-refractivity contribution in [1.82, 2.24) is 0 Å². The van der Waals surface area contributed by atoms with Crippen molar-refractivity contribution in [3.8, 4) is 5.75 Å². The van der Waals surface area contributed by atoms with Crippen LogP contribution in [0.1, 0.15) is 31.8 Å². The van der Waals surface area contributed by atoms with Gasteiger partial charge in [-0.15, -0.1) is 0 Å². The summed E-state index contributed by atoms with van der Waals surface area (Å²) in [6.07, 6.45) is 0. The molecule has 5 heteroatoms. The van der Waals surface area contributed by atoms with Crippen molar-refractivity contribution < 1.29 is 14.7 Å². The second kappa shape index (κ2) is 5.35. The summed E-state index contributed by atoms with van der Waals surface area (Å²) in [5, 5.41) is 9.59. The highest BCUT2D eigenvalue weighted by molar-refractivity contribution is 6.34. The first-order chi connectivity index (χ1) is 9.40. The van der Waals surface area contributed by atoms with Gasteiger partial charge in [0.25, 0.3) is 0 Å². The van der Waals surface area contributed by atoms with Crippen LogP contribution in [0, 0.1) is 6.92 Å². The lowest BCUT2D eigenvalue weighted by atomic mass is 10.00. The minimum absolute atomic E-state index is 0.128. The van der Waals surface area contributed by atoms with Gasteiger partial charge in [0.1, 0.15) is 5.75 Å². The summed E-state index contributed by atoms with van der Waals surface area (Å²) in [6, 6.07) is 8.91. The normalized spacial score (nSPS) is 10.3. The molecule has 2 rings (SSSR count). The molecule has 2 aromatic rings. The number of ketones is 1. The van der Waals surface area contributed by atoms with Gasteiger partial charge in [-0.2, -0.15) is 0 Å². The van der Waals surface area contributed by atoms with E-state index in [-0.39, 0.29) is 22.1 Å². The van der Waals surface area contributed by atoms with Gasteiger partial charge in [-0.25, -0.2) is 0 Å². The number of aryl methyl sites for hydroxylation is 1. The van der Waals surface area contributed by atoms with E-state index < -0.39 is 5.91 Å². The molecule has 0 atom stereocenters. The number of carbonyl (C=O) groups is 2. The molecule has 0 aliphatic heterocycles. The molecule has 0 aromatic heterocycles. The third-order valence-corrected chi connectivity index (χ3v) is 3.27. The molecule has 0 unspecified atom stereocenters. The van der Waals surface area contributed by atoms with Gasteiger partial charge >= 0.3 is 0 Å². The standard InChI is InChI=1S/C15H12ClNO3/c1-8-6-9(3-5-13(8)18)14(19)10-2-4-11(15(17)20)12(16)7-10/h2-7,18H,1H3,(H2,17,20). The maximum atomic E-state index is 12.3. The number of rotatable bonds is 3. The summed E-state index contributed by atoms with van der Waals surface area (Å²) in [5.74, 6) is -0.760. The molecule has 0 heterocycles. The number of aromatic hydroxyl groups is 1. The van der Waals surface area contributed by atoms with E-state index in [1.165, 1.54) is 30.3 Å². The molecule has 0 aliphatic carbocycles. The number of benzene rings is 2. The molecule has 20 heavy (non-hydrogen) atoms. The number of phenolic OH excluding ortho intramolecular Hbond substituents is 1. The topological polar surface area (TPSA) is 80.4 Å². The maximum Gasteiger partial charge on any atom is 0.250 e. The van der Waals surface area contributed by atoms with E-state index in [1.807, 2.05) is 0 Å². The monoisotopic (exact) mass is 289 g/mol. The highest BCUT2D eigenvalue weighted by Crippen LogP contribution is 2.22. The van der Waals surface area contributed by atoms with Crippen LogP contribution in [0.5, 0.6) is 5.75 Å². The molecule has 0 aliphatic rings. The van der Waals surface area contributed by atoms with Crippen molar-refractivity contribution in [1.29, 1.82) is 0 Å². The molecular formula is C15H12ClNO3. The van der Waals surface area contributed by atoms with E-state index in [9.17, 15) is 14.7 Å². The third-order valence-electron chi connectivity index (χ3n) is 2.96. The lowest BCUT2D eigenvalue weighted by Crippen LogP contribution is -2.12. The average Bonchev–Trinajstić information content (AvgIpc) is 2.40. The number of hydrogen-bond donors (Lipinski definition) is 2. The van der Waals surface area contributed by atoms with Crippen LogP contribution in [0.2, 0.25) is 5.02 Å². The van der Waals surface area contributed by atoms with Crippen LogP contribution in [-0.4, -0.2) is 16.8 Å². The fourth-order valence-electron chi connectivity index (χ4n) is 1.82. The lowest BCUT2D eigenvalue weighted by molar-refractivity contribution is 0.0997. The molecule has 0 saturated heterocycles. The van der Waals surface area contributed by atoms with Gasteiger partial charge in [-0.05, 0) is 42.8 Å². The number of primary amides is 1. The molecule has 0 spiro atoms. The Morgan fingerprint density at radius 1 is 1.10 bits per heavy atom. The van der Waals surface area contributed by atoms with Crippen molar-refractivity contribution in [2.24, 2.45) is 5.73 Å². The lowest BCUT2D eigenvalue weighted by Gasteiger charge is -2.06. The molecule has 2 aromatic carbocycles. The average molecular weight is 290 g/mol. The first-order valence-corrected chi connectivity index (χ1v) is 6.21. The predicted molar refractivity (Wildman–Crippen MR) is 76.2 cm³/mol. The van der Waals surface area contributed by atoms with Gasteiger partial charge < -0.3 is 10.8 Å². The Balaban J connectivity index is 2.41. The van der Waals surface area contributed by atoms with Crippen LogP contribution in [0.25, 0.3) is 0 Å². The zero-order chi connectivity index (χ0) is 14.9. The van der Waals surface area contributed by atoms with Crippen LogP contribution in [0.4, 0.5) is 0 Å². The van der Waals surface area contributed by atoms with Gasteiger partial charge in [-0.3, -0.25) is 9.59 Å². The van der Waals surface area contributed by atoms with Crippen LogP contribution < -0.4 is 5.73 Å². The molecular weight excluding hydrogens is 278 g/mol. The van der Waals surface area contributed by atoms with E-state index in [2.05, 4.69) is 0 Å². The summed E-state index contributed by atoms with van der Waals surface area (Å²) in [4.78, 5) is 23.4. The van der Waals surface area contributed by atoms with Crippen molar-refractivity contribution in [3.05, 3.63) is 63.7 Å². The quantitative estimate of drug-likeness (QED) is 0.853. The zero-order valence-electron chi connectivity index (χ0n) is 10.7. The van der Waals surface area contributed by atoms with Gasteiger partial charge in [0.15, 0.2) is 5.78 Å². The molecule has 0 radical (unpaired) electrons. The number of carbonyl (C=O) groups excluding carboxylic acids is 2. The molecule has 3 N–H and O–H groups in total. The summed E-state index contributed by atoms with van der Waals surface area (Å²) < 4.78 is 0. The van der Waals surface area contributed by atoms with Crippen LogP contribution in [-0.2, 0) is 0 Å². The largest absolute Gasteiger partial charge is 0.508 e.